The molecule has 0 heterocycles. The standard InChI is InChI=1S/C15H32N2O/c1-5-16-15(4,12-18)9-11-17(14-6-7-14)10-8-13(2)3/h13-14,16,18H,5-12H2,1-4H3. The van der Waals surface area contributed by atoms with E-state index in [0.717, 1.165) is 31.5 Å². The summed E-state index contributed by atoms with van der Waals surface area (Å²) in [5.41, 5.74) is -0.111. The van der Waals surface area contributed by atoms with Crippen LogP contribution in [0.15, 0.2) is 0 Å². The molecule has 3 heteroatoms. The number of nitrogens with zero attached hydrogens (tertiary/aromatic N) is 1. The third kappa shape index (κ3) is 5.68. The zero-order chi connectivity index (χ0) is 13.6. The van der Waals surface area contributed by atoms with Gasteiger partial charge in [-0.15, -0.1) is 0 Å². The van der Waals surface area contributed by atoms with Gasteiger partial charge in [-0.05, 0) is 51.6 Å². The maximum atomic E-state index is 9.52. The fourth-order valence-electron chi connectivity index (χ4n) is 2.38. The van der Waals surface area contributed by atoms with E-state index in [9.17, 15) is 5.11 Å². The van der Waals surface area contributed by atoms with E-state index in [1.54, 1.807) is 0 Å². The van der Waals surface area contributed by atoms with Crippen molar-refractivity contribution < 1.29 is 5.11 Å². The van der Waals surface area contributed by atoms with Crippen molar-refractivity contribution in [3.8, 4) is 0 Å². The Morgan fingerprint density at radius 3 is 2.44 bits per heavy atom. The summed E-state index contributed by atoms with van der Waals surface area (Å²) >= 11 is 0. The smallest absolute Gasteiger partial charge is 0.0611 e. The molecule has 1 fully saturated rings. The third-order valence-electron chi connectivity index (χ3n) is 3.96. The molecule has 18 heavy (non-hydrogen) atoms. The lowest BCUT2D eigenvalue weighted by atomic mass is 9.98. The van der Waals surface area contributed by atoms with Crippen LogP contribution in [-0.2, 0) is 0 Å². The molecule has 0 amide bonds. The SMILES string of the molecule is CCNC(C)(CO)CCN(CCC(C)C)C1CC1. The number of nitrogens with one attached hydrogen (secondary N) is 1. The molecule has 0 aromatic carbocycles. The van der Waals surface area contributed by atoms with Crippen molar-refractivity contribution in [3.05, 3.63) is 0 Å². The Bertz CT molecular complexity index is 229. The van der Waals surface area contributed by atoms with Crippen molar-refractivity contribution in [2.45, 2.75) is 65.0 Å². The number of aliphatic hydroxyl groups is 1. The van der Waals surface area contributed by atoms with E-state index in [2.05, 4.69) is 37.9 Å². The Labute approximate surface area is 113 Å². The van der Waals surface area contributed by atoms with Crippen molar-refractivity contribution in [1.29, 1.82) is 0 Å². The van der Waals surface area contributed by atoms with Gasteiger partial charge in [0.05, 0.1) is 6.61 Å². The lowest BCUT2D eigenvalue weighted by Crippen LogP contribution is -2.48. The molecule has 2 N–H and O–H groups in total. The first-order valence-electron chi connectivity index (χ1n) is 7.60. The highest BCUT2D eigenvalue weighted by Crippen LogP contribution is 2.28. The first-order valence-corrected chi connectivity index (χ1v) is 7.60. The largest absolute Gasteiger partial charge is 0.394 e. The maximum absolute atomic E-state index is 9.52. The lowest BCUT2D eigenvalue weighted by Gasteiger charge is -2.32. The second-order valence-electron chi connectivity index (χ2n) is 6.45. The first-order chi connectivity index (χ1) is 8.50. The quantitative estimate of drug-likeness (QED) is 0.629. The molecule has 3 nitrogen and oxygen atoms in total. The summed E-state index contributed by atoms with van der Waals surface area (Å²) in [5.74, 6) is 0.782. The number of likely N-dealkylation sites (N-methyl/N-ethyl adjacent to an activating group) is 1. The summed E-state index contributed by atoms with van der Waals surface area (Å²) in [6, 6.07) is 0.827. The summed E-state index contributed by atoms with van der Waals surface area (Å²) < 4.78 is 0. The van der Waals surface area contributed by atoms with Crippen molar-refractivity contribution in [3.63, 3.8) is 0 Å². The van der Waals surface area contributed by atoms with Crippen LogP contribution in [0.2, 0.25) is 0 Å². The van der Waals surface area contributed by atoms with Crippen molar-refractivity contribution in [2.75, 3.05) is 26.2 Å². The highest BCUT2D eigenvalue weighted by atomic mass is 16.3. The summed E-state index contributed by atoms with van der Waals surface area (Å²) in [4.78, 5) is 2.63. The van der Waals surface area contributed by atoms with Crippen molar-refractivity contribution >= 4 is 0 Å². The Hall–Kier alpha value is -0.120. The van der Waals surface area contributed by atoms with E-state index in [0.29, 0.717) is 0 Å². The van der Waals surface area contributed by atoms with E-state index in [4.69, 9.17) is 0 Å². The minimum atomic E-state index is -0.111. The fraction of sp³-hybridized carbons (Fsp3) is 1.00. The first kappa shape index (κ1) is 15.9. The molecule has 1 aliphatic rings. The van der Waals surface area contributed by atoms with E-state index in [1.165, 1.54) is 25.8 Å². The Balaban J connectivity index is 2.36. The molecule has 0 bridgehead atoms. The van der Waals surface area contributed by atoms with E-state index in [1.807, 2.05) is 0 Å². The monoisotopic (exact) mass is 256 g/mol. The molecule has 1 rings (SSSR count). The van der Waals surface area contributed by atoms with Gasteiger partial charge in [-0.3, -0.25) is 0 Å². The van der Waals surface area contributed by atoms with Gasteiger partial charge in [0.1, 0.15) is 0 Å². The molecule has 0 aromatic rings. The van der Waals surface area contributed by atoms with Crippen LogP contribution in [0.4, 0.5) is 0 Å². The van der Waals surface area contributed by atoms with Gasteiger partial charge in [-0.25, -0.2) is 0 Å². The van der Waals surface area contributed by atoms with Gasteiger partial charge >= 0.3 is 0 Å². The molecule has 1 atom stereocenters. The van der Waals surface area contributed by atoms with Gasteiger partial charge in [0.2, 0.25) is 0 Å². The Morgan fingerprint density at radius 2 is 2.00 bits per heavy atom. The van der Waals surface area contributed by atoms with Crippen LogP contribution in [0.25, 0.3) is 0 Å². The number of hydrogen-bond donors (Lipinski definition) is 2. The van der Waals surface area contributed by atoms with E-state index in [-0.39, 0.29) is 12.1 Å². The van der Waals surface area contributed by atoms with Crippen molar-refractivity contribution in [1.82, 2.24) is 10.2 Å². The number of aliphatic hydroxyl groups excluding tert-OH is 1. The van der Waals surface area contributed by atoms with Crippen LogP contribution in [0.3, 0.4) is 0 Å². The van der Waals surface area contributed by atoms with Crippen LogP contribution in [0.1, 0.15) is 53.4 Å². The van der Waals surface area contributed by atoms with Gasteiger partial charge in [-0.2, -0.15) is 0 Å². The minimum Gasteiger partial charge on any atom is -0.394 e. The molecule has 0 aliphatic heterocycles. The molecule has 0 spiro atoms. The van der Waals surface area contributed by atoms with Crippen LogP contribution in [-0.4, -0.2) is 47.8 Å². The zero-order valence-electron chi connectivity index (χ0n) is 12.7. The lowest BCUT2D eigenvalue weighted by molar-refractivity contribution is 0.142. The Kier molecular flexibility index (Phi) is 6.61. The van der Waals surface area contributed by atoms with E-state index >= 15 is 0 Å². The Morgan fingerprint density at radius 1 is 1.33 bits per heavy atom. The van der Waals surface area contributed by atoms with Crippen LogP contribution < -0.4 is 5.32 Å². The average molecular weight is 256 g/mol. The zero-order valence-corrected chi connectivity index (χ0v) is 12.7. The fourth-order valence-corrected chi connectivity index (χ4v) is 2.38. The molecule has 108 valence electrons. The predicted molar refractivity (Wildman–Crippen MR) is 77.8 cm³/mol. The van der Waals surface area contributed by atoms with Crippen LogP contribution in [0.5, 0.6) is 0 Å². The molecular weight excluding hydrogens is 224 g/mol. The molecule has 0 aromatic heterocycles. The predicted octanol–water partition coefficient (Wildman–Crippen LogP) is 2.25. The topological polar surface area (TPSA) is 35.5 Å². The normalized spacial score (nSPS) is 19.5. The van der Waals surface area contributed by atoms with Gasteiger partial charge in [0, 0.05) is 18.1 Å². The number of hydrogen-bond acceptors (Lipinski definition) is 3. The second-order valence-corrected chi connectivity index (χ2v) is 6.45. The summed E-state index contributed by atoms with van der Waals surface area (Å²) in [5, 5.41) is 12.9. The molecule has 1 unspecified atom stereocenters. The maximum Gasteiger partial charge on any atom is 0.0611 e. The summed E-state index contributed by atoms with van der Waals surface area (Å²) in [6.07, 6.45) is 5.06. The molecule has 1 aliphatic carbocycles. The molecule has 1 saturated carbocycles. The van der Waals surface area contributed by atoms with Gasteiger partial charge < -0.3 is 15.3 Å². The molecular formula is C15H32N2O. The second kappa shape index (κ2) is 7.46. The van der Waals surface area contributed by atoms with Crippen molar-refractivity contribution in [2.24, 2.45) is 5.92 Å². The van der Waals surface area contributed by atoms with Gasteiger partial charge in [-0.1, -0.05) is 20.8 Å². The third-order valence-corrected chi connectivity index (χ3v) is 3.96. The van der Waals surface area contributed by atoms with Gasteiger partial charge in [0.15, 0.2) is 0 Å². The van der Waals surface area contributed by atoms with Crippen LogP contribution in [0, 0.1) is 5.92 Å². The molecule has 0 radical (unpaired) electrons. The highest BCUT2D eigenvalue weighted by Gasteiger charge is 2.30. The minimum absolute atomic E-state index is 0.111. The molecule has 0 saturated heterocycles. The van der Waals surface area contributed by atoms with Gasteiger partial charge in [0.25, 0.3) is 0 Å². The summed E-state index contributed by atoms with van der Waals surface area (Å²) in [6.45, 7) is 12.3. The van der Waals surface area contributed by atoms with E-state index < -0.39 is 0 Å². The average Bonchev–Trinajstić information content (AvgIpc) is 3.13. The number of rotatable bonds is 10. The highest BCUT2D eigenvalue weighted by molar-refractivity contribution is 4.88. The summed E-state index contributed by atoms with van der Waals surface area (Å²) in [7, 11) is 0. The van der Waals surface area contributed by atoms with Crippen LogP contribution >= 0.6 is 0 Å².